The van der Waals surface area contributed by atoms with Crippen LogP contribution in [0.1, 0.15) is 47.2 Å². The Balaban J connectivity index is 1.35. The molecule has 2 fully saturated rings. The van der Waals surface area contributed by atoms with Gasteiger partial charge in [-0.15, -0.1) is 0 Å². The molecule has 2 aromatic rings. The molecule has 0 unspecified atom stereocenters. The summed E-state index contributed by atoms with van der Waals surface area (Å²) in [7, 11) is 1.68. The van der Waals surface area contributed by atoms with Gasteiger partial charge in [-0.3, -0.25) is 14.5 Å². The number of benzene rings is 2. The van der Waals surface area contributed by atoms with Crippen molar-refractivity contribution in [1.29, 1.82) is 0 Å². The Kier molecular flexibility index (Phi) is 8.22. The van der Waals surface area contributed by atoms with Gasteiger partial charge in [-0.2, -0.15) is 0 Å². The van der Waals surface area contributed by atoms with Crippen LogP contribution in [-0.4, -0.2) is 67.5 Å². The summed E-state index contributed by atoms with van der Waals surface area (Å²) in [6.45, 7) is 5.40. The predicted octanol–water partition coefficient (Wildman–Crippen LogP) is 3.68. The molecule has 6 heteroatoms. The zero-order valence-electron chi connectivity index (χ0n) is 20.5. The first-order valence-electron chi connectivity index (χ1n) is 12.6. The number of rotatable bonds is 8. The standard InChI is InChI=1S/C28H37N3O3/c1-21-11-13-24(14-12-21)28(33)31-19-17-30(18-20-31)26(23-8-3-4-9-23)27(32)29-16-15-22-7-5-6-10-25(22)34-2/h5-7,10-14,23,26H,3-4,8-9,15-20H2,1-2H3,(H,29,32)/t26-/m0/s1. The highest BCUT2D eigenvalue weighted by Crippen LogP contribution is 2.31. The van der Waals surface area contributed by atoms with E-state index in [1.807, 2.05) is 60.4 Å². The van der Waals surface area contributed by atoms with Gasteiger partial charge in [0.1, 0.15) is 5.75 Å². The zero-order chi connectivity index (χ0) is 23.9. The molecule has 1 atom stereocenters. The molecule has 0 radical (unpaired) electrons. The van der Waals surface area contributed by atoms with Crippen molar-refractivity contribution < 1.29 is 14.3 Å². The fourth-order valence-corrected chi connectivity index (χ4v) is 5.37. The maximum absolute atomic E-state index is 13.4. The van der Waals surface area contributed by atoms with Crippen LogP contribution < -0.4 is 10.1 Å². The monoisotopic (exact) mass is 463 g/mol. The quantitative estimate of drug-likeness (QED) is 0.649. The average molecular weight is 464 g/mol. The van der Waals surface area contributed by atoms with Gasteiger partial charge < -0.3 is 15.0 Å². The smallest absolute Gasteiger partial charge is 0.253 e. The minimum atomic E-state index is -0.114. The molecule has 1 aliphatic carbocycles. The van der Waals surface area contributed by atoms with Crippen molar-refractivity contribution in [1.82, 2.24) is 15.1 Å². The Morgan fingerprint density at radius 1 is 1.00 bits per heavy atom. The van der Waals surface area contributed by atoms with Gasteiger partial charge in [0.15, 0.2) is 0 Å². The molecular formula is C28H37N3O3. The van der Waals surface area contributed by atoms with Crippen LogP contribution in [0.4, 0.5) is 0 Å². The number of aryl methyl sites for hydroxylation is 1. The number of para-hydroxylation sites is 1. The lowest BCUT2D eigenvalue weighted by Gasteiger charge is -2.40. The second kappa shape index (κ2) is 11.5. The largest absolute Gasteiger partial charge is 0.496 e. The van der Waals surface area contributed by atoms with Gasteiger partial charge in [0, 0.05) is 38.3 Å². The van der Waals surface area contributed by atoms with E-state index in [4.69, 9.17) is 4.74 Å². The van der Waals surface area contributed by atoms with Crippen molar-refractivity contribution in [3.05, 3.63) is 65.2 Å². The van der Waals surface area contributed by atoms with E-state index in [0.717, 1.165) is 54.8 Å². The number of nitrogens with zero attached hydrogens (tertiary/aromatic N) is 2. The number of ether oxygens (including phenoxy) is 1. The summed E-state index contributed by atoms with van der Waals surface area (Å²) in [6, 6.07) is 15.6. The Labute approximate surface area is 203 Å². The first-order valence-corrected chi connectivity index (χ1v) is 12.6. The van der Waals surface area contributed by atoms with Gasteiger partial charge in [0.05, 0.1) is 13.2 Å². The first-order chi connectivity index (χ1) is 16.6. The third-order valence-electron chi connectivity index (χ3n) is 7.29. The van der Waals surface area contributed by atoms with Crippen LogP contribution in [0.15, 0.2) is 48.5 Å². The van der Waals surface area contributed by atoms with Gasteiger partial charge in [0.25, 0.3) is 5.91 Å². The van der Waals surface area contributed by atoms with Crippen molar-refractivity contribution in [2.45, 2.75) is 45.1 Å². The molecular weight excluding hydrogens is 426 g/mol. The van der Waals surface area contributed by atoms with E-state index < -0.39 is 0 Å². The second-order valence-corrected chi connectivity index (χ2v) is 9.54. The van der Waals surface area contributed by atoms with E-state index in [0.29, 0.717) is 25.6 Å². The van der Waals surface area contributed by atoms with Crippen LogP contribution in [0.3, 0.4) is 0 Å². The van der Waals surface area contributed by atoms with Crippen molar-refractivity contribution in [2.75, 3.05) is 39.8 Å². The Hall–Kier alpha value is -2.86. The van der Waals surface area contributed by atoms with Crippen LogP contribution in [0.2, 0.25) is 0 Å². The number of nitrogens with one attached hydrogen (secondary N) is 1. The lowest BCUT2D eigenvalue weighted by Crippen LogP contribution is -2.58. The fourth-order valence-electron chi connectivity index (χ4n) is 5.37. The number of hydrogen-bond donors (Lipinski definition) is 1. The van der Waals surface area contributed by atoms with Crippen molar-refractivity contribution in [2.24, 2.45) is 5.92 Å². The minimum absolute atomic E-state index is 0.0818. The molecule has 1 saturated heterocycles. The summed E-state index contributed by atoms with van der Waals surface area (Å²) in [6.07, 6.45) is 5.34. The van der Waals surface area contributed by atoms with Crippen LogP contribution in [0.25, 0.3) is 0 Å². The fraction of sp³-hybridized carbons (Fsp3) is 0.500. The molecule has 2 amide bonds. The third-order valence-corrected chi connectivity index (χ3v) is 7.29. The molecule has 2 aromatic carbocycles. The highest BCUT2D eigenvalue weighted by Gasteiger charge is 2.37. The highest BCUT2D eigenvalue weighted by atomic mass is 16.5. The second-order valence-electron chi connectivity index (χ2n) is 9.54. The van der Waals surface area contributed by atoms with Gasteiger partial charge >= 0.3 is 0 Å². The molecule has 1 saturated carbocycles. The van der Waals surface area contributed by atoms with Crippen LogP contribution in [-0.2, 0) is 11.2 Å². The predicted molar refractivity (Wildman–Crippen MR) is 134 cm³/mol. The number of carbonyl (C=O) groups is 2. The average Bonchev–Trinajstić information content (AvgIpc) is 3.39. The van der Waals surface area contributed by atoms with Crippen LogP contribution >= 0.6 is 0 Å². The van der Waals surface area contributed by atoms with E-state index in [1.54, 1.807) is 7.11 Å². The molecule has 1 aliphatic heterocycles. The number of carbonyl (C=O) groups excluding carboxylic acids is 2. The van der Waals surface area contributed by atoms with Gasteiger partial charge in [-0.05, 0) is 55.9 Å². The topological polar surface area (TPSA) is 61.9 Å². The lowest BCUT2D eigenvalue weighted by molar-refractivity contribution is -0.129. The van der Waals surface area contributed by atoms with E-state index in [2.05, 4.69) is 10.2 Å². The lowest BCUT2D eigenvalue weighted by atomic mass is 9.94. The number of piperazine rings is 1. The molecule has 0 aromatic heterocycles. The first kappa shape index (κ1) is 24.3. The summed E-state index contributed by atoms with van der Waals surface area (Å²) < 4.78 is 5.44. The molecule has 0 spiro atoms. The van der Waals surface area contributed by atoms with Crippen molar-refractivity contribution in [3.63, 3.8) is 0 Å². The molecule has 34 heavy (non-hydrogen) atoms. The van der Waals surface area contributed by atoms with Gasteiger partial charge in [0.2, 0.25) is 5.91 Å². The minimum Gasteiger partial charge on any atom is -0.496 e. The summed E-state index contributed by atoms with van der Waals surface area (Å²) in [4.78, 5) is 30.5. The van der Waals surface area contributed by atoms with Crippen molar-refractivity contribution >= 4 is 11.8 Å². The van der Waals surface area contributed by atoms with Gasteiger partial charge in [-0.1, -0.05) is 48.7 Å². The molecule has 6 nitrogen and oxygen atoms in total. The van der Waals surface area contributed by atoms with Crippen LogP contribution in [0, 0.1) is 12.8 Å². The number of amides is 2. The summed E-state index contributed by atoms with van der Waals surface area (Å²) in [5.74, 6) is 1.46. The van der Waals surface area contributed by atoms with E-state index >= 15 is 0 Å². The normalized spacial score (nSPS) is 18.0. The van der Waals surface area contributed by atoms with Crippen LogP contribution in [0.5, 0.6) is 5.75 Å². The third kappa shape index (κ3) is 5.79. The van der Waals surface area contributed by atoms with E-state index in [9.17, 15) is 9.59 Å². The number of hydrogen-bond acceptors (Lipinski definition) is 4. The van der Waals surface area contributed by atoms with Crippen molar-refractivity contribution in [3.8, 4) is 5.75 Å². The molecule has 182 valence electrons. The summed E-state index contributed by atoms with van der Waals surface area (Å²) >= 11 is 0. The SMILES string of the molecule is COc1ccccc1CCNC(=O)[C@H](C1CCCC1)N1CCN(C(=O)c2ccc(C)cc2)CC1. The molecule has 1 N–H and O–H groups in total. The van der Waals surface area contributed by atoms with Gasteiger partial charge in [-0.25, -0.2) is 0 Å². The Bertz CT molecular complexity index is 961. The number of methoxy groups -OCH3 is 1. The molecule has 1 heterocycles. The Morgan fingerprint density at radius 3 is 2.35 bits per heavy atom. The molecule has 4 rings (SSSR count). The highest BCUT2D eigenvalue weighted by molar-refractivity contribution is 5.94. The zero-order valence-corrected chi connectivity index (χ0v) is 20.5. The maximum Gasteiger partial charge on any atom is 0.253 e. The molecule has 0 bridgehead atoms. The molecule has 2 aliphatic rings. The maximum atomic E-state index is 13.4. The van der Waals surface area contributed by atoms with E-state index in [1.165, 1.54) is 12.8 Å². The summed E-state index contributed by atoms with van der Waals surface area (Å²) in [5, 5.41) is 3.21. The van der Waals surface area contributed by atoms with E-state index in [-0.39, 0.29) is 17.9 Å². The Morgan fingerprint density at radius 2 is 1.68 bits per heavy atom. The summed E-state index contributed by atoms with van der Waals surface area (Å²) in [5.41, 5.74) is 2.99.